The molecule has 0 aliphatic carbocycles. The largest absolute Gasteiger partial charge is 0.491 e. The van der Waals surface area contributed by atoms with Crippen LogP contribution < -0.4 is 9.47 Å². The van der Waals surface area contributed by atoms with Gasteiger partial charge in [-0.1, -0.05) is 59.9 Å². The van der Waals surface area contributed by atoms with E-state index in [1.807, 2.05) is 31.2 Å². The minimum absolute atomic E-state index is 0. The van der Waals surface area contributed by atoms with E-state index in [1.165, 1.54) is 11.1 Å². The second-order valence-corrected chi connectivity index (χ2v) is 7.31. The third kappa shape index (κ3) is 6.25. The summed E-state index contributed by atoms with van der Waals surface area (Å²) in [5.41, 5.74) is 2.31. The Bertz CT molecular complexity index is 688. The predicted octanol–water partition coefficient (Wildman–Crippen LogP) is 5.21. The average molecular weight is 389 g/mol. The Hall–Kier alpha value is -2.04. The van der Waals surface area contributed by atoms with Crippen LogP contribution in [-0.4, -0.2) is 37.1 Å². The highest BCUT2D eigenvalue weighted by Crippen LogP contribution is 2.33. The van der Waals surface area contributed by atoms with E-state index in [-0.39, 0.29) is 26.4 Å². The van der Waals surface area contributed by atoms with Crippen LogP contribution in [0.25, 0.3) is 0 Å². The highest BCUT2D eigenvalue weighted by molar-refractivity contribution is 5.41. The Kier molecular flexibility index (Phi) is 8.99. The third-order valence-corrected chi connectivity index (χ3v) is 4.90. The molecule has 1 heterocycles. The molecule has 2 unspecified atom stereocenters. The Morgan fingerprint density at radius 1 is 0.964 bits per heavy atom. The molecule has 0 amide bonds. The van der Waals surface area contributed by atoms with Gasteiger partial charge in [-0.2, -0.15) is 0 Å². The van der Waals surface area contributed by atoms with Crippen LogP contribution >= 0.6 is 0 Å². The molecule has 28 heavy (non-hydrogen) atoms. The van der Waals surface area contributed by atoms with E-state index in [4.69, 9.17) is 14.2 Å². The third-order valence-electron chi connectivity index (χ3n) is 4.90. The molecule has 0 spiro atoms. The lowest BCUT2D eigenvalue weighted by Crippen LogP contribution is -2.19. The fourth-order valence-corrected chi connectivity index (χ4v) is 2.77. The van der Waals surface area contributed by atoms with E-state index in [1.54, 1.807) is 0 Å². The summed E-state index contributed by atoms with van der Waals surface area (Å²) in [7, 11) is 0. The minimum Gasteiger partial charge on any atom is -0.491 e. The number of aliphatic hydroxyl groups is 1. The molecule has 1 aliphatic rings. The molecule has 2 aromatic carbocycles. The highest BCUT2D eigenvalue weighted by Gasteiger charge is 2.24. The topological polar surface area (TPSA) is 51.2 Å². The van der Waals surface area contributed by atoms with Crippen LogP contribution in [0.3, 0.4) is 0 Å². The minimum atomic E-state index is -0.418. The summed E-state index contributed by atoms with van der Waals surface area (Å²) in [4.78, 5) is 0. The van der Waals surface area contributed by atoms with Crippen LogP contribution in [0.2, 0.25) is 0 Å². The first-order valence-electron chi connectivity index (χ1n) is 9.25. The van der Waals surface area contributed by atoms with Gasteiger partial charge in [0.15, 0.2) is 0 Å². The second kappa shape index (κ2) is 10.5. The highest BCUT2D eigenvalue weighted by atomic mass is 16.6. The van der Waals surface area contributed by atoms with Crippen LogP contribution in [0.1, 0.15) is 53.2 Å². The van der Waals surface area contributed by atoms with Gasteiger partial charge in [0.25, 0.3) is 0 Å². The van der Waals surface area contributed by atoms with E-state index in [0.29, 0.717) is 19.6 Å². The van der Waals surface area contributed by atoms with Gasteiger partial charge in [0.1, 0.15) is 30.8 Å². The first kappa shape index (κ1) is 24.0. The van der Waals surface area contributed by atoms with Crippen molar-refractivity contribution < 1.29 is 19.3 Å². The van der Waals surface area contributed by atoms with Gasteiger partial charge >= 0.3 is 0 Å². The SMILES string of the molecule is C.C.CCC(O)COc1ccc(C(C)(C)c2ccc(OCC3CO3)cc2)cc1. The van der Waals surface area contributed by atoms with Crippen molar-refractivity contribution in [2.45, 2.75) is 59.7 Å². The first-order valence-corrected chi connectivity index (χ1v) is 9.25. The van der Waals surface area contributed by atoms with Gasteiger partial charge in [0.2, 0.25) is 0 Å². The molecule has 4 heteroatoms. The van der Waals surface area contributed by atoms with Gasteiger partial charge in [-0.05, 0) is 41.8 Å². The molecular formula is C24H36O4. The second-order valence-electron chi connectivity index (χ2n) is 7.31. The van der Waals surface area contributed by atoms with E-state index < -0.39 is 6.10 Å². The number of rotatable bonds is 9. The van der Waals surface area contributed by atoms with Crippen LogP contribution in [0.4, 0.5) is 0 Å². The predicted molar refractivity (Wildman–Crippen MR) is 116 cm³/mol. The molecule has 1 fully saturated rings. The molecule has 3 rings (SSSR count). The van der Waals surface area contributed by atoms with Crippen molar-refractivity contribution in [3.05, 3.63) is 59.7 Å². The van der Waals surface area contributed by atoms with E-state index in [9.17, 15) is 5.11 Å². The smallest absolute Gasteiger partial charge is 0.119 e. The maximum absolute atomic E-state index is 9.60. The quantitative estimate of drug-likeness (QED) is 0.599. The zero-order valence-corrected chi connectivity index (χ0v) is 15.8. The maximum atomic E-state index is 9.60. The van der Waals surface area contributed by atoms with Gasteiger partial charge in [-0.3, -0.25) is 0 Å². The Morgan fingerprint density at radius 2 is 1.43 bits per heavy atom. The molecule has 0 saturated carbocycles. The van der Waals surface area contributed by atoms with Crippen molar-refractivity contribution in [3.63, 3.8) is 0 Å². The molecule has 2 atom stereocenters. The number of ether oxygens (including phenoxy) is 3. The van der Waals surface area contributed by atoms with Gasteiger partial charge < -0.3 is 19.3 Å². The van der Waals surface area contributed by atoms with Gasteiger partial charge in [-0.25, -0.2) is 0 Å². The van der Waals surface area contributed by atoms with Crippen molar-refractivity contribution in [2.75, 3.05) is 19.8 Å². The summed E-state index contributed by atoms with van der Waals surface area (Å²) in [6, 6.07) is 16.4. The monoisotopic (exact) mass is 388 g/mol. The lowest BCUT2D eigenvalue weighted by Gasteiger charge is -2.26. The molecule has 2 aromatic rings. The number of hydrogen-bond acceptors (Lipinski definition) is 4. The summed E-state index contributed by atoms with van der Waals surface area (Å²) in [6.07, 6.45) is 0.544. The molecule has 1 aliphatic heterocycles. The Labute approximate surface area is 170 Å². The fourth-order valence-electron chi connectivity index (χ4n) is 2.77. The first-order chi connectivity index (χ1) is 12.5. The molecule has 1 saturated heterocycles. The molecule has 0 aromatic heterocycles. The lowest BCUT2D eigenvalue weighted by molar-refractivity contribution is 0.104. The molecule has 1 N–H and O–H groups in total. The van der Waals surface area contributed by atoms with Crippen LogP contribution in [0.15, 0.2) is 48.5 Å². The van der Waals surface area contributed by atoms with Crippen molar-refractivity contribution in [3.8, 4) is 11.5 Å². The summed E-state index contributed by atoms with van der Waals surface area (Å²) in [6.45, 7) is 8.11. The maximum Gasteiger partial charge on any atom is 0.119 e. The van der Waals surface area contributed by atoms with Crippen LogP contribution in [-0.2, 0) is 10.2 Å². The van der Waals surface area contributed by atoms with E-state index >= 15 is 0 Å². The molecule has 0 radical (unpaired) electrons. The van der Waals surface area contributed by atoms with Gasteiger partial charge in [0.05, 0.1) is 12.7 Å². The zero-order chi connectivity index (χ0) is 18.6. The van der Waals surface area contributed by atoms with E-state index in [2.05, 4.69) is 38.1 Å². The van der Waals surface area contributed by atoms with Crippen LogP contribution in [0, 0.1) is 0 Å². The molecular weight excluding hydrogens is 352 g/mol. The number of epoxide rings is 1. The van der Waals surface area contributed by atoms with E-state index in [0.717, 1.165) is 18.1 Å². The van der Waals surface area contributed by atoms with Crippen LogP contribution in [0.5, 0.6) is 11.5 Å². The zero-order valence-electron chi connectivity index (χ0n) is 15.8. The number of hydrogen-bond donors (Lipinski definition) is 1. The van der Waals surface area contributed by atoms with Crippen molar-refractivity contribution in [1.82, 2.24) is 0 Å². The Balaban J connectivity index is 0.00000196. The van der Waals surface area contributed by atoms with Crippen molar-refractivity contribution in [1.29, 1.82) is 0 Å². The standard InChI is InChI=1S/C22H28O4.2CH4/c1-4-18(23)13-24-19-9-5-16(6-10-19)22(2,3)17-7-11-20(12-8-17)25-14-21-15-26-21;;/h5-12,18,21,23H,4,13-15H2,1-3H3;2*1H4. The summed E-state index contributed by atoms with van der Waals surface area (Å²) in [5, 5.41) is 9.60. The Morgan fingerprint density at radius 3 is 1.86 bits per heavy atom. The lowest BCUT2D eigenvalue weighted by atomic mass is 9.78. The summed E-state index contributed by atoms with van der Waals surface area (Å²) < 4.78 is 16.5. The van der Waals surface area contributed by atoms with Crippen molar-refractivity contribution >= 4 is 0 Å². The summed E-state index contributed by atoms with van der Waals surface area (Å²) >= 11 is 0. The normalized spacial score (nSPS) is 16.4. The average Bonchev–Trinajstić information content (AvgIpc) is 3.49. The number of aliphatic hydroxyl groups excluding tert-OH is 1. The molecule has 156 valence electrons. The van der Waals surface area contributed by atoms with Gasteiger partial charge in [-0.15, -0.1) is 0 Å². The molecule has 4 nitrogen and oxygen atoms in total. The van der Waals surface area contributed by atoms with Gasteiger partial charge in [0, 0.05) is 5.41 Å². The summed E-state index contributed by atoms with van der Waals surface area (Å²) in [5.74, 6) is 1.65. The number of benzene rings is 2. The molecule has 0 bridgehead atoms. The fraction of sp³-hybridized carbons (Fsp3) is 0.500. The van der Waals surface area contributed by atoms with Crippen molar-refractivity contribution in [2.24, 2.45) is 0 Å².